The van der Waals surface area contributed by atoms with Crippen molar-refractivity contribution < 1.29 is 0 Å². The molecule has 0 unspecified atom stereocenters. The lowest BCUT2D eigenvalue weighted by atomic mass is 10.0. The fourth-order valence-corrected chi connectivity index (χ4v) is 6.86. The number of rotatable bonds is 4. The number of aromatic nitrogens is 2. The molecular formula is C42H28N2. The zero-order valence-electron chi connectivity index (χ0n) is 24.1. The molecule has 0 N–H and O–H groups in total. The number of hydrogen-bond donors (Lipinski definition) is 0. The molecule has 2 nitrogen and oxygen atoms in total. The molecule has 0 amide bonds. The van der Waals surface area contributed by atoms with E-state index in [-0.39, 0.29) is 0 Å². The Balaban J connectivity index is 1.42. The lowest BCUT2D eigenvalue weighted by molar-refractivity contribution is 1.16. The van der Waals surface area contributed by atoms with Crippen LogP contribution in [0.2, 0.25) is 0 Å². The third-order valence-corrected chi connectivity index (χ3v) is 8.90. The first-order valence-electron chi connectivity index (χ1n) is 15.1. The van der Waals surface area contributed by atoms with Crippen LogP contribution in [0.25, 0.3) is 77.2 Å². The maximum atomic E-state index is 2.43. The van der Waals surface area contributed by atoms with Crippen molar-refractivity contribution in [3.8, 4) is 33.6 Å². The zero-order valence-corrected chi connectivity index (χ0v) is 24.1. The van der Waals surface area contributed by atoms with Crippen LogP contribution in [-0.4, -0.2) is 9.13 Å². The summed E-state index contributed by atoms with van der Waals surface area (Å²) < 4.78 is 4.85. The van der Waals surface area contributed by atoms with Crippen LogP contribution >= 0.6 is 0 Å². The smallest absolute Gasteiger partial charge is 0.0562 e. The van der Waals surface area contributed by atoms with Crippen LogP contribution in [0.1, 0.15) is 0 Å². The molecular weight excluding hydrogens is 532 g/mol. The second-order valence-corrected chi connectivity index (χ2v) is 11.4. The van der Waals surface area contributed by atoms with Gasteiger partial charge in [0, 0.05) is 32.9 Å². The van der Waals surface area contributed by atoms with Crippen LogP contribution in [0.5, 0.6) is 0 Å². The number of nitrogens with zero attached hydrogens (tertiary/aromatic N) is 2. The molecule has 0 saturated carbocycles. The van der Waals surface area contributed by atoms with Crippen molar-refractivity contribution in [2.24, 2.45) is 0 Å². The Labute approximate surface area is 255 Å². The maximum Gasteiger partial charge on any atom is 0.0562 e. The zero-order chi connectivity index (χ0) is 29.0. The summed E-state index contributed by atoms with van der Waals surface area (Å²) in [7, 11) is 0. The van der Waals surface area contributed by atoms with Crippen molar-refractivity contribution in [1.29, 1.82) is 0 Å². The quantitative estimate of drug-likeness (QED) is 0.203. The highest BCUT2D eigenvalue weighted by Gasteiger charge is 2.19. The summed E-state index contributed by atoms with van der Waals surface area (Å²) in [6, 6.07) is 61.4. The fourth-order valence-electron chi connectivity index (χ4n) is 6.86. The van der Waals surface area contributed by atoms with Gasteiger partial charge in [0.2, 0.25) is 0 Å². The molecule has 0 aliphatic rings. The predicted octanol–water partition coefficient (Wildman–Crippen LogP) is 11.2. The molecule has 44 heavy (non-hydrogen) atoms. The number of benzene rings is 7. The van der Waals surface area contributed by atoms with Gasteiger partial charge in [-0.05, 0) is 76.9 Å². The fraction of sp³-hybridized carbons (Fsp3) is 0. The van der Waals surface area contributed by atoms with E-state index in [1.165, 1.54) is 65.9 Å². The Morgan fingerprint density at radius 2 is 0.682 bits per heavy atom. The normalized spacial score (nSPS) is 11.6. The van der Waals surface area contributed by atoms with E-state index >= 15 is 0 Å². The van der Waals surface area contributed by atoms with Crippen LogP contribution in [0.4, 0.5) is 0 Å². The first-order valence-corrected chi connectivity index (χ1v) is 15.1. The van der Waals surface area contributed by atoms with E-state index in [0.29, 0.717) is 0 Å². The van der Waals surface area contributed by atoms with Crippen molar-refractivity contribution in [3.05, 3.63) is 170 Å². The molecule has 0 saturated heterocycles. The molecule has 0 aliphatic carbocycles. The van der Waals surface area contributed by atoms with Crippen molar-refractivity contribution in [2.45, 2.75) is 0 Å². The molecule has 9 rings (SSSR count). The Kier molecular flexibility index (Phi) is 5.54. The van der Waals surface area contributed by atoms with Gasteiger partial charge in [-0.3, -0.25) is 0 Å². The average Bonchev–Trinajstić information content (AvgIpc) is 3.59. The van der Waals surface area contributed by atoms with E-state index in [2.05, 4.69) is 179 Å². The summed E-state index contributed by atoms with van der Waals surface area (Å²) in [5.74, 6) is 0. The van der Waals surface area contributed by atoms with E-state index in [1.54, 1.807) is 0 Å². The molecule has 0 atom stereocenters. The molecule has 7 aromatic carbocycles. The highest BCUT2D eigenvalue weighted by Crippen LogP contribution is 2.41. The van der Waals surface area contributed by atoms with E-state index in [1.807, 2.05) is 0 Å². The molecule has 0 radical (unpaired) electrons. The van der Waals surface area contributed by atoms with Gasteiger partial charge in [-0.15, -0.1) is 0 Å². The minimum Gasteiger partial charge on any atom is -0.309 e. The van der Waals surface area contributed by atoms with E-state index in [4.69, 9.17) is 0 Å². The lowest BCUT2D eigenvalue weighted by Gasteiger charge is -2.10. The molecule has 2 aromatic heterocycles. The van der Waals surface area contributed by atoms with Crippen molar-refractivity contribution in [1.82, 2.24) is 9.13 Å². The number of fused-ring (bicyclic) bond motifs is 6. The van der Waals surface area contributed by atoms with Crippen LogP contribution < -0.4 is 0 Å². The van der Waals surface area contributed by atoms with E-state index in [0.717, 1.165) is 11.4 Å². The monoisotopic (exact) mass is 560 g/mol. The van der Waals surface area contributed by atoms with Crippen LogP contribution in [-0.2, 0) is 0 Å². The Hall–Kier alpha value is -5.86. The van der Waals surface area contributed by atoms with Crippen molar-refractivity contribution in [2.75, 3.05) is 0 Å². The standard InChI is InChI=1S/C42H28N2/c1-5-13-29(14-6-1)31-22-24-39-36(25-31)38-27-37-35-23-21-32(30-15-7-2-8-16-30)26-40(35)44(34-19-11-4-12-20-34)41(37)28-42(38)43(39)33-17-9-3-10-18-33/h1-28H. The molecule has 2 heteroatoms. The number of hydrogen-bond acceptors (Lipinski definition) is 0. The molecule has 0 spiro atoms. The van der Waals surface area contributed by atoms with E-state index in [9.17, 15) is 0 Å². The lowest BCUT2D eigenvalue weighted by Crippen LogP contribution is -1.95. The van der Waals surface area contributed by atoms with Gasteiger partial charge in [-0.1, -0.05) is 115 Å². The Morgan fingerprint density at radius 3 is 1.27 bits per heavy atom. The third kappa shape index (κ3) is 3.82. The van der Waals surface area contributed by atoms with Gasteiger partial charge in [-0.2, -0.15) is 0 Å². The minimum atomic E-state index is 1.16. The van der Waals surface area contributed by atoms with E-state index < -0.39 is 0 Å². The van der Waals surface area contributed by atoms with Crippen LogP contribution in [0.3, 0.4) is 0 Å². The van der Waals surface area contributed by atoms with Crippen molar-refractivity contribution in [3.63, 3.8) is 0 Å². The van der Waals surface area contributed by atoms with Crippen molar-refractivity contribution >= 4 is 43.6 Å². The summed E-state index contributed by atoms with van der Waals surface area (Å²) in [4.78, 5) is 0. The topological polar surface area (TPSA) is 9.86 Å². The van der Waals surface area contributed by atoms with Gasteiger partial charge in [0.1, 0.15) is 0 Å². The summed E-state index contributed by atoms with van der Waals surface area (Å²) in [6.07, 6.45) is 0. The maximum absolute atomic E-state index is 2.43. The summed E-state index contributed by atoms with van der Waals surface area (Å²) >= 11 is 0. The summed E-state index contributed by atoms with van der Waals surface area (Å²) in [5, 5.41) is 5.03. The molecule has 0 bridgehead atoms. The van der Waals surface area contributed by atoms with Gasteiger partial charge >= 0.3 is 0 Å². The molecule has 0 aliphatic heterocycles. The largest absolute Gasteiger partial charge is 0.309 e. The Bertz CT molecular complexity index is 2450. The highest BCUT2D eigenvalue weighted by molar-refractivity contribution is 6.20. The van der Waals surface area contributed by atoms with Gasteiger partial charge in [0.15, 0.2) is 0 Å². The Morgan fingerprint density at radius 1 is 0.250 bits per heavy atom. The highest BCUT2D eigenvalue weighted by atomic mass is 15.0. The average molecular weight is 561 g/mol. The second-order valence-electron chi connectivity index (χ2n) is 11.4. The SMILES string of the molecule is c1ccc(-c2ccc3c(c2)c2cc4c5ccc(-c6ccccc6)cc5n(-c5ccccc5)c4cc2n3-c2ccccc2)cc1. The van der Waals surface area contributed by atoms with Gasteiger partial charge in [-0.25, -0.2) is 0 Å². The minimum absolute atomic E-state index is 1.16. The second kappa shape index (κ2) is 9.86. The van der Waals surface area contributed by atoms with Crippen LogP contribution in [0, 0.1) is 0 Å². The van der Waals surface area contributed by atoms with Gasteiger partial charge in [0.05, 0.1) is 22.1 Å². The first-order chi connectivity index (χ1) is 21.8. The first kappa shape index (κ1) is 24.7. The third-order valence-electron chi connectivity index (χ3n) is 8.90. The van der Waals surface area contributed by atoms with Gasteiger partial charge < -0.3 is 9.13 Å². The predicted molar refractivity (Wildman–Crippen MR) is 186 cm³/mol. The summed E-state index contributed by atoms with van der Waals surface area (Å²) in [6.45, 7) is 0. The molecule has 2 heterocycles. The molecule has 206 valence electrons. The number of para-hydroxylation sites is 2. The van der Waals surface area contributed by atoms with Crippen LogP contribution in [0.15, 0.2) is 170 Å². The molecule has 0 fully saturated rings. The molecule has 9 aromatic rings. The summed E-state index contributed by atoms with van der Waals surface area (Å²) in [5.41, 5.74) is 12.0. The van der Waals surface area contributed by atoms with Gasteiger partial charge in [0.25, 0.3) is 0 Å².